The highest BCUT2D eigenvalue weighted by molar-refractivity contribution is 5.75. The molecule has 3 fully saturated rings. The Bertz CT molecular complexity index is 640. The van der Waals surface area contributed by atoms with E-state index in [1.54, 1.807) is 6.92 Å². The molecule has 3 rings (SSSR count). The molecule has 1 spiro atoms. The Morgan fingerprint density at radius 1 is 1.09 bits per heavy atom. The van der Waals surface area contributed by atoms with Crippen LogP contribution < -0.4 is 5.32 Å². The van der Waals surface area contributed by atoms with E-state index in [1.807, 2.05) is 7.11 Å². The van der Waals surface area contributed by atoms with E-state index < -0.39 is 0 Å². The summed E-state index contributed by atoms with van der Waals surface area (Å²) in [7, 11) is 1.86. The first-order valence-electron chi connectivity index (χ1n) is 13.0. The predicted octanol–water partition coefficient (Wildman–Crippen LogP) is 5.36. The molecule has 0 aromatic carbocycles. The van der Waals surface area contributed by atoms with Crippen molar-refractivity contribution in [1.82, 2.24) is 5.32 Å². The molecule has 0 aromatic rings. The molecule has 3 aliphatic rings. The maximum absolute atomic E-state index is 11.0. The van der Waals surface area contributed by atoms with Crippen molar-refractivity contribution in [1.29, 1.82) is 0 Å². The highest BCUT2D eigenvalue weighted by Crippen LogP contribution is 2.59. The fourth-order valence-electron chi connectivity index (χ4n) is 5.88. The van der Waals surface area contributed by atoms with Crippen LogP contribution in [0.3, 0.4) is 0 Å². The molecule has 0 amide bonds. The Kier molecular flexibility index (Phi) is 9.37. The van der Waals surface area contributed by atoms with Crippen LogP contribution in [0.4, 0.5) is 0 Å². The van der Waals surface area contributed by atoms with Gasteiger partial charge in [0.1, 0.15) is 11.4 Å². The Morgan fingerprint density at radius 3 is 2.34 bits per heavy atom. The first kappa shape index (κ1) is 25.9. The molecule has 2 heterocycles. The first-order valence-corrected chi connectivity index (χ1v) is 13.0. The summed E-state index contributed by atoms with van der Waals surface area (Å²) in [6.07, 6.45) is 15.2. The molecule has 1 saturated carbocycles. The van der Waals surface area contributed by atoms with E-state index in [0.717, 1.165) is 45.3 Å². The van der Waals surface area contributed by atoms with E-state index >= 15 is 0 Å². The minimum atomic E-state index is -0.147. The fraction of sp³-hybridized carbons (Fsp3) is 0.889. The number of epoxide rings is 2. The van der Waals surface area contributed by atoms with Crippen LogP contribution in [0.25, 0.3) is 0 Å². The van der Waals surface area contributed by atoms with Gasteiger partial charge in [0.05, 0.1) is 24.4 Å². The number of Topliss-reactive ketones (excluding diaryl/α,β-unsaturated/α-hetero) is 1. The Balaban J connectivity index is 1.40. The lowest BCUT2D eigenvalue weighted by molar-refractivity contribution is -0.117. The third-order valence-corrected chi connectivity index (χ3v) is 7.91. The van der Waals surface area contributed by atoms with Crippen LogP contribution in [0.15, 0.2) is 11.6 Å². The van der Waals surface area contributed by atoms with Crippen molar-refractivity contribution < 1.29 is 19.0 Å². The number of ether oxygens (including phenoxy) is 3. The number of allylic oxidation sites excluding steroid dienone is 1. The van der Waals surface area contributed by atoms with Crippen molar-refractivity contribution >= 4 is 5.78 Å². The van der Waals surface area contributed by atoms with Crippen molar-refractivity contribution in [2.24, 2.45) is 5.92 Å². The van der Waals surface area contributed by atoms with Crippen molar-refractivity contribution in [3.63, 3.8) is 0 Å². The zero-order valence-corrected chi connectivity index (χ0v) is 21.2. The topological polar surface area (TPSA) is 63.4 Å². The zero-order valence-electron chi connectivity index (χ0n) is 21.2. The molecule has 5 heteroatoms. The van der Waals surface area contributed by atoms with Crippen molar-refractivity contribution in [2.75, 3.05) is 20.3 Å². The van der Waals surface area contributed by atoms with Crippen LogP contribution in [0.5, 0.6) is 0 Å². The molecule has 1 N–H and O–H groups in total. The van der Waals surface area contributed by atoms with Crippen LogP contribution in [-0.4, -0.2) is 55.5 Å². The number of nitrogens with one attached hydrogen (secondary N) is 1. The van der Waals surface area contributed by atoms with Crippen LogP contribution in [-0.2, 0) is 19.0 Å². The molecule has 6 atom stereocenters. The monoisotopic (exact) mass is 449 g/mol. The van der Waals surface area contributed by atoms with Gasteiger partial charge in [-0.25, -0.2) is 0 Å². The number of unbranched alkanes of at least 4 members (excludes halogenated alkanes) is 6. The van der Waals surface area contributed by atoms with Gasteiger partial charge in [0.2, 0.25) is 0 Å². The molecule has 0 bridgehead atoms. The second kappa shape index (κ2) is 11.6. The largest absolute Gasteiger partial charge is 0.379 e. The molecule has 0 radical (unpaired) electrons. The van der Waals surface area contributed by atoms with E-state index in [-0.39, 0.29) is 29.3 Å². The van der Waals surface area contributed by atoms with E-state index in [0.29, 0.717) is 11.8 Å². The van der Waals surface area contributed by atoms with Crippen molar-refractivity contribution in [3.8, 4) is 0 Å². The molecule has 184 valence electrons. The molecule has 0 aromatic heterocycles. The van der Waals surface area contributed by atoms with Gasteiger partial charge in [-0.3, -0.25) is 0 Å². The summed E-state index contributed by atoms with van der Waals surface area (Å²) in [5, 5.41) is 3.82. The number of hydrogen-bond donors (Lipinski definition) is 1. The summed E-state index contributed by atoms with van der Waals surface area (Å²) in [5.41, 5.74) is 1.17. The van der Waals surface area contributed by atoms with E-state index in [9.17, 15) is 4.79 Å². The quantitative estimate of drug-likeness (QED) is 0.207. The number of carbonyl (C=O) groups is 1. The average Bonchev–Trinajstić information content (AvgIpc) is 3.65. The van der Waals surface area contributed by atoms with Gasteiger partial charge in [-0.1, -0.05) is 43.8 Å². The van der Waals surface area contributed by atoms with E-state index in [4.69, 9.17) is 14.2 Å². The summed E-state index contributed by atoms with van der Waals surface area (Å²) < 4.78 is 18.5. The van der Waals surface area contributed by atoms with Crippen LogP contribution in [0, 0.1) is 5.92 Å². The lowest BCUT2D eigenvalue weighted by atomic mass is 9.67. The maximum Gasteiger partial charge on any atom is 0.129 e. The standard InChI is InChI=1S/C27H47NO4/c1-20(2)14-15-23-26(4,32-23)25-24(30-5)22(16-17-27(25)19-31-27)28-18-12-10-8-6-7-9-11-13-21(3)29/h14,22-25,28H,6-13,15-19H2,1-5H3/t22-,23-,24-,25-,26+,27+/m1/s1. The first-order chi connectivity index (χ1) is 15.3. The number of methoxy groups -OCH3 is 1. The van der Waals surface area contributed by atoms with Gasteiger partial charge in [0.25, 0.3) is 0 Å². The summed E-state index contributed by atoms with van der Waals surface area (Å²) in [6, 6.07) is 0.372. The van der Waals surface area contributed by atoms with E-state index in [1.165, 1.54) is 44.1 Å². The van der Waals surface area contributed by atoms with Gasteiger partial charge >= 0.3 is 0 Å². The lowest BCUT2D eigenvalue weighted by Gasteiger charge is -2.43. The minimum Gasteiger partial charge on any atom is -0.379 e. The predicted molar refractivity (Wildman–Crippen MR) is 129 cm³/mol. The highest BCUT2D eigenvalue weighted by atomic mass is 16.6. The van der Waals surface area contributed by atoms with Crippen LogP contribution in [0.1, 0.15) is 98.3 Å². The second-order valence-corrected chi connectivity index (χ2v) is 10.9. The Hall–Kier alpha value is -0.750. The van der Waals surface area contributed by atoms with Gasteiger partial charge in [0.15, 0.2) is 0 Å². The lowest BCUT2D eigenvalue weighted by Crippen LogP contribution is -2.58. The van der Waals surface area contributed by atoms with E-state index in [2.05, 4.69) is 32.2 Å². The maximum atomic E-state index is 11.0. The minimum absolute atomic E-state index is 0.0320. The summed E-state index contributed by atoms with van der Waals surface area (Å²) in [6.45, 7) is 10.2. The number of carbonyl (C=O) groups excluding carboxylic acids is 1. The number of rotatable bonds is 15. The van der Waals surface area contributed by atoms with Gasteiger partial charge < -0.3 is 24.3 Å². The summed E-state index contributed by atoms with van der Waals surface area (Å²) in [5.74, 6) is 0.608. The van der Waals surface area contributed by atoms with Gasteiger partial charge in [-0.2, -0.15) is 0 Å². The van der Waals surface area contributed by atoms with Crippen molar-refractivity contribution in [3.05, 3.63) is 11.6 Å². The van der Waals surface area contributed by atoms with Crippen LogP contribution in [0.2, 0.25) is 0 Å². The molecule has 0 unspecified atom stereocenters. The SMILES string of the molecule is CO[C@@H]1[C@H](NCCCCCCCCCC(C)=O)CC[C@]2(CO2)[C@H]1[C@@]1(C)O[C@@H]1CC=C(C)C. The zero-order chi connectivity index (χ0) is 23.2. The average molecular weight is 450 g/mol. The highest BCUT2D eigenvalue weighted by Gasteiger charge is 2.71. The summed E-state index contributed by atoms with van der Waals surface area (Å²) in [4.78, 5) is 11.0. The van der Waals surface area contributed by atoms with Crippen molar-refractivity contribution in [2.45, 2.75) is 128 Å². The van der Waals surface area contributed by atoms with Gasteiger partial charge in [-0.15, -0.1) is 0 Å². The number of ketones is 1. The smallest absolute Gasteiger partial charge is 0.129 e. The molecule has 32 heavy (non-hydrogen) atoms. The Labute approximate surface area is 196 Å². The Morgan fingerprint density at radius 2 is 1.75 bits per heavy atom. The third-order valence-electron chi connectivity index (χ3n) is 7.91. The molecule has 2 aliphatic heterocycles. The molecular weight excluding hydrogens is 402 g/mol. The molecular formula is C27H47NO4. The van der Waals surface area contributed by atoms with Crippen LogP contribution >= 0.6 is 0 Å². The van der Waals surface area contributed by atoms with Gasteiger partial charge in [-0.05, 0) is 66.3 Å². The molecule has 5 nitrogen and oxygen atoms in total. The third kappa shape index (κ3) is 6.65. The second-order valence-electron chi connectivity index (χ2n) is 10.9. The molecule has 2 saturated heterocycles. The fourth-order valence-corrected chi connectivity index (χ4v) is 5.88. The number of hydrogen-bond acceptors (Lipinski definition) is 5. The normalized spacial score (nSPS) is 35.7. The molecule has 1 aliphatic carbocycles. The van der Waals surface area contributed by atoms with Gasteiger partial charge in [0, 0.05) is 25.5 Å². The summed E-state index contributed by atoms with van der Waals surface area (Å²) >= 11 is 0.